The molecule has 1 N–H and O–H groups in total. The molecule has 5 nitrogen and oxygen atoms in total. The highest BCUT2D eigenvalue weighted by molar-refractivity contribution is 5.95. The van der Waals surface area contributed by atoms with Crippen LogP contribution in [0.3, 0.4) is 0 Å². The molecular formula is C18H25NO4. The van der Waals surface area contributed by atoms with Crippen molar-refractivity contribution in [3.63, 3.8) is 0 Å². The molecule has 2 aliphatic rings. The van der Waals surface area contributed by atoms with Crippen LogP contribution in [0.15, 0.2) is 24.3 Å². The average Bonchev–Trinajstić information content (AvgIpc) is 2.59. The maximum absolute atomic E-state index is 12.6. The Balaban J connectivity index is 1.60. The highest BCUT2D eigenvalue weighted by atomic mass is 16.7. The van der Waals surface area contributed by atoms with Crippen molar-refractivity contribution in [2.45, 2.75) is 44.8 Å². The Hall–Kier alpha value is -1.59. The molecule has 23 heavy (non-hydrogen) atoms. The first-order valence-corrected chi connectivity index (χ1v) is 8.29. The second-order valence-electron chi connectivity index (χ2n) is 6.79. The van der Waals surface area contributed by atoms with Gasteiger partial charge in [0.15, 0.2) is 5.79 Å². The van der Waals surface area contributed by atoms with E-state index in [0.717, 1.165) is 37.1 Å². The normalized spacial score (nSPS) is 22.5. The highest BCUT2D eigenvalue weighted by Gasteiger charge is 2.46. The molecule has 1 aliphatic carbocycles. The van der Waals surface area contributed by atoms with Gasteiger partial charge in [0.2, 0.25) is 5.91 Å². The molecular weight excluding hydrogens is 294 g/mol. The summed E-state index contributed by atoms with van der Waals surface area (Å²) in [6.07, 6.45) is 5.37. The van der Waals surface area contributed by atoms with Crippen molar-refractivity contribution in [2.24, 2.45) is 5.41 Å². The van der Waals surface area contributed by atoms with Crippen LogP contribution >= 0.6 is 0 Å². The Morgan fingerprint density at radius 3 is 2.26 bits per heavy atom. The first kappa shape index (κ1) is 16.3. The number of benzene rings is 1. The third-order valence-corrected chi connectivity index (χ3v) is 4.82. The maximum Gasteiger partial charge on any atom is 0.234 e. The van der Waals surface area contributed by atoms with Gasteiger partial charge in [-0.1, -0.05) is 6.42 Å². The molecule has 0 atom stereocenters. The molecule has 5 heteroatoms. The predicted octanol–water partition coefficient (Wildman–Crippen LogP) is 3.35. The SMILES string of the molecule is COc1ccc(NC(=O)C2(C)COC3(CCCCC3)OC2)cc1. The van der Waals surface area contributed by atoms with Crippen LogP contribution in [0, 0.1) is 5.41 Å². The summed E-state index contributed by atoms with van der Waals surface area (Å²) < 4.78 is 17.1. The van der Waals surface area contributed by atoms with Crippen LogP contribution in [-0.4, -0.2) is 32.0 Å². The first-order chi connectivity index (χ1) is 11.1. The topological polar surface area (TPSA) is 56.8 Å². The van der Waals surface area contributed by atoms with E-state index in [9.17, 15) is 4.79 Å². The number of hydrogen-bond acceptors (Lipinski definition) is 4. The van der Waals surface area contributed by atoms with Gasteiger partial charge in [0.25, 0.3) is 0 Å². The van der Waals surface area contributed by atoms with Crippen LogP contribution < -0.4 is 10.1 Å². The molecule has 1 aromatic carbocycles. The van der Waals surface area contributed by atoms with Crippen LogP contribution in [0.25, 0.3) is 0 Å². The lowest BCUT2D eigenvalue weighted by molar-refractivity contribution is -0.306. The number of methoxy groups -OCH3 is 1. The third-order valence-electron chi connectivity index (χ3n) is 4.82. The van der Waals surface area contributed by atoms with E-state index in [4.69, 9.17) is 14.2 Å². The molecule has 126 valence electrons. The van der Waals surface area contributed by atoms with Crippen molar-refractivity contribution in [3.8, 4) is 5.75 Å². The fourth-order valence-corrected chi connectivity index (χ4v) is 3.13. The van der Waals surface area contributed by atoms with Crippen LogP contribution in [-0.2, 0) is 14.3 Å². The number of anilines is 1. The smallest absolute Gasteiger partial charge is 0.234 e. The molecule has 3 rings (SSSR count). The van der Waals surface area contributed by atoms with Gasteiger partial charge in [0, 0.05) is 18.5 Å². The van der Waals surface area contributed by atoms with Gasteiger partial charge >= 0.3 is 0 Å². The molecule has 2 fully saturated rings. The number of carbonyl (C=O) groups is 1. The highest BCUT2D eigenvalue weighted by Crippen LogP contribution is 2.39. The third kappa shape index (κ3) is 3.51. The molecule has 1 saturated carbocycles. The largest absolute Gasteiger partial charge is 0.497 e. The summed E-state index contributed by atoms with van der Waals surface area (Å²) in [7, 11) is 1.62. The van der Waals surface area contributed by atoms with Crippen molar-refractivity contribution < 1.29 is 19.0 Å². The zero-order valence-electron chi connectivity index (χ0n) is 13.9. The number of ether oxygens (including phenoxy) is 3. The van der Waals surface area contributed by atoms with Crippen molar-refractivity contribution in [2.75, 3.05) is 25.6 Å². The molecule has 1 saturated heterocycles. The van der Waals surface area contributed by atoms with Gasteiger partial charge in [-0.3, -0.25) is 4.79 Å². The van der Waals surface area contributed by atoms with Crippen molar-refractivity contribution in [3.05, 3.63) is 24.3 Å². The molecule has 0 radical (unpaired) electrons. The predicted molar refractivity (Wildman–Crippen MR) is 87.5 cm³/mol. The summed E-state index contributed by atoms with van der Waals surface area (Å²) in [5.41, 5.74) is 0.0813. The molecule has 0 bridgehead atoms. The average molecular weight is 319 g/mol. The van der Waals surface area contributed by atoms with E-state index in [-0.39, 0.29) is 5.91 Å². The summed E-state index contributed by atoms with van der Waals surface area (Å²) in [5, 5.41) is 2.94. The van der Waals surface area contributed by atoms with E-state index in [0.29, 0.717) is 13.2 Å². The number of hydrogen-bond donors (Lipinski definition) is 1. The van der Waals surface area contributed by atoms with Gasteiger partial charge in [-0.15, -0.1) is 0 Å². The zero-order chi connectivity index (χ0) is 16.3. The second kappa shape index (κ2) is 6.49. The molecule has 1 aromatic rings. The fraction of sp³-hybridized carbons (Fsp3) is 0.611. The fourth-order valence-electron chi connectivity index (χ4n) is 3.13. The number of rotatable bonds is 3. The van der Waals surface area contributed by atoms with Crippen LogP contribution in [0.5, 0.6) is 5.75 Å². The lowest BCUT2D eigenvalue weighted by Crippen LogP contribution is -2.53. The van der Waals surface area contributed by atoms with Crippen LogP contribution in [0.4, 0.5) is 5.69 Å². The first-order valence-electron chi connectivity index (χ1n) is 8.29. The molecule has 1 amide bonds. The standard InChI is InChI=1S/C18H25NO4/c1-17(12-22-18(23-13-17)10-4-3-5-11-18)16(20)19-14-6-8-15(21-2)9-7-14/h6-9H,3-5,10-13H2,1-2H3,(H,19,20). The second-order valence-corrected chi connectivity index (χ2v) is 6.79. The summed E-state index contributed by atoms with van der Waals surface area (Å²) in [6, 6.07) is 7.30. The molecule has 1 spiro atoms. The minimum Gasteiger partial charge on any atom is -0.497 e. The lowest BCUT2D eigenvalue weighted by Gasteiger charge is -2.45. The quantitative estimate of drug-likeness (QED) is 0.928. The van der Waals surface area contributed by atoms with Gasteiger partial charge in [0.05, 0.1) is 25.7 Å². The van der Waals surface area contributed by atoms with Gasteiger partial charge in [0.1, 0.15) is 5.75 Å². The monoisotopic (exact) mass is 319 g/mol. The van der Waals surface area contributed by atoms with E-state index in [1.54, 1.807) is 7.11 Å². The Bertz CT molecular complexity index is 539. The number of carbonyl (C=O) groups excluding carboxylic acids is 1. The van der Waals surface area contributed by atoms with Gasteiger partial charge in [-0.05, 0) is 44.0 Å². The Labute approximate surface area is 137 Å². The number of amides is 1. The molecule has 0 aromatic heterocycles. The lowest BCUT2D eigenvalue weighted by atomic mass is 9.87. The van der Waals surface area contributed by atoms with Gasteiger partial charge < -0.3 is 19.5 Å². The van der Waals surface area contributed by atoms with Crippen molar-refractivity contribution in [1.82, 2.24) is 0 Å². The van der Waals surface area contributed by atoms with Crippen LogP contribution in [0.1, 0.15) is 39.0 Å². The van der Waals surface area contributed by atoms with Crippen molar-refractivity contribution in [1.29, 1.82) is 0 Å². The summed E-state index contributed by atoms with van der Waals surface area (Å²) >= 11 is 0. The van der Waals surface area contributed by atoms with Gasteiger partial charge in [-0.25, -0.2) is 0 Å². The van der Waals surface area contributed by atoms with Crippen LogP contribution in [0.2, 0.25) is 0 Å². The van der Waals surface area contributed by atoms with Gasteiger partial charge in [-0.2, -0.15) is 0 Å². The Kier molecular flexibility index (Phi) is 4.60. The zero-order valence-corrected chi connectivity index (χ0v) is 13.9. The number of nitrogens with one attached hydrogen (secondary N) is 1. The summed E-state index contributed by atoms with van der Waals surface area (Å²) in [6.45, 7) is 2.69. The van der Waals surface area contributed by atoms with E-state index in [2.05, 4.69) is 5.32 Å². The molecule has 1 heterocycles. The van der Waals surface area contributed by atoms with E-state index >= 15 is 0 Å². The van der Waals surface area contributed by atoms with E-state index < -0.39 is 11.2 Å². The minimum absolute atomic E-state index is 0.0756. The van der Waals surface area contributed by atoms with E-state index in [1.807, 2.05) is 31.2 Å². The molecule has 1 aliphatic heterocycles. The van der Waals surface area contributed by atoms with Crippen molar-refractivity contribution >= 4 is 11.6 Å². The Morgan fingerprint density at radius 1 is 1.09 bits per heavy atom. The maximum atomic E-state index is 12.6. The van der Waals surface area contributed by atoms with E-state index in [1.165, 1.54) is 6.42 Å². The summed E-state index contributed by atoms with van der Waals surface area (Å²) in [5.74, 6) is 0.240. The minimum atomic E-state index is -0.664. The Morgan fingerprint density at radius 2 is 1.70 bits per heavy atom. The molecule has 0 unspecified atom stereocenters. The summed E-state index contributed by atoms with van der Waals surface area (Å²) in [4.78, 5) is 12.6.